The number of carbonyl (C=O) groups is 1. The van der Waals surface area contributed by atoms with Gasteiger partial charge in [-0.05, 0) is 48.0 Å². The zero-order valence-electron chi connectivity index (χ0n) is 15.8. The number of alkyl halides is 3. The van der Waals surface area contributed by atoms with Gasteiger partial charge in [0.2, 0.25) is 0 Å². The molecule has 0 aliphatic rings. The molecule has 0 fully saturated rings. The smallest absolute Gasteiger partial charge is 0.416 e. The normalized spacial score (nSPS) is 11.3. The van der Waals surface area contributed by atoms with Crippen molar-refractivity contribution >= 4 is 34.8 Å². The number of ether oxygens (including phenoxy) is 1. The molecule has 0 bridgehead atoms. The number of benzene rings is 3. The molecule has 0 aliphatic carbocycles. The fourth-order valence-corrected chi connectivity index (χ4v) is 3.13. The summed E-state index contributed by atoms with van der Waals surface area (Å²) in [7, 11) is 0. The molecular weight excluding hydrogens is 454 g/mol. The highest BCUT2D eigenvalue weighted by Gasteiger charge is 2.30. The van der Waals surface area contributed by atoms with Crippen LogP contribution >= 0.6 is 23.2 Å². The van der Waals surface area contributed by atoms with Gasteiger partial charge in [-0.25, -0.2) is 0 Å². The Balaban J connectivity index is 1.72. The molecule has 0 saturated carbocycles. The number of aromatic hydroxyl groups is 1. The Kier molecular flexibility index (Phi) is 6.97. The number of phenols is 1. The van der Waals surface area contributed by atoms with Gasteiger partial charge in [0.25, 0.3) is 5.91 Å². The Bertz CT molecular complexity index is 1100. The maximum absolute atomic E-state index is 12.9. The zero-order chi connectivity index (χ0) is 22.6. The molecule has 9 heteroatoms. The summed E-state index contributed by atoms with van der Waals surface area (Å²) in [4.78, 5) is 12.5. The van der Waals surface area contributed by atoms with Gasteiger partial charge < -0.3 is 15.2 Å². The summed E-state index contributed by atoms with van der Waals surface area (Å²) in [6, 6.07) is 13.6. The van der Waals surface area contributed by atoms with Gasteiger partial charge >= 0.3 is 6.18 Å². The van der Waals surface area contributed by atoms with Gasteiger partial charge in [-0.2, -0.15) is 13.2 Å². The summed E-state index contributed by atoms with van der Waals surface area (Å²) < 4.78 is 44.2. The van der Waals surface area contributed by atoms with E-state index in [1.807, 2.05) is 0 Å². The average Bonchev–Trinajstić information content (AvgIpc) is 2.71. The highest BCUT2D eigenvalue weighted by atomic mass is 35.5. The molecule has 0 aromatic heterocycles. The first-order valence-corrected chi connectivity index (χ1v) is 9.77. The quantitative estimate of drug-likeness (QED) is 0.427. The molecule has 0 heterocycles. The third kappa shape index (κ3) is 6.06. The Morgan fingerprint density at radius 1 is 1.00 bits per heavy atom. The van der Waals surface area contributed by atoms with Crippen LogP contribution in [-0.4, -0.2) is 17.6 Å². The van der Waals surface area contributed by atoms with Crippen LogP contribution in [0.15, 0.2) is 60.7 Å². The van der Waals surface area contributed by atoms with Crippen molar-refractivity contribution in [1.82, 2.24) is 0 Å². The molecule has 3 aromatic rings. The van der Waals surface area contributed by atoms with Crippen LogP contribution in [-0.2, 0) is 12.6 Å². The van der Waals surface area contributed by atoms with Crippen molar-refractivity contribution in [3.8, 4) is 11.5 Å². The minimum absolute atomic E-state index is 0.0395. The van der Waals surface area contributed by atoms with Gasteiger partial charge in [0, 0.05) is 16.5 Å². The lowest BCUT2D eigenvalue weighted by Crippen LogP contribution is -2.14. The number of hydrogen-bond donors (Lipinski definition) is 2. The molecule has 3 aromatic carbocycles. The van der Waals surface area contributed by atoms with Crippen molar-refractivity contribution in [3.05, 3.63) is 87.4 Å². The Hall–Kier alpha value is -2.90. The van der Waals surface area contributed by atoms with Crippen molar-refractivity contribution in [2.75, 3.05) is 11.9 Å². The van der Waals surface area contributed by atoms with Crippen LogP contribution in [0.25, 0.3) is 0 Å². The average molecular weight is 470 g/mol. The van der Waals surface area contributed by atoms with E-state index in [0.717, 1.165) is 12.1 Å². The molecule has 162 valence electrons. The van der Waals surface area contributed by atoms with E-state index in [9.17, 15) is 23.1 Å². The fourth-order valence-electron chi connectivity index (χ4n) is 2.79. The van der Waals surface area contributed by atoms with Gasteiger partial charge in [0.1, 0.15) is 11.5 Å². The summed E-state index contributed by atoms with van der Waals surface area (Å²) in [5, 5.41) is 13.1. The van der Waals surface area contributed by atoms with Gasteiger partial charge in [0.05, 0.1) is 23.4 Å². The van der Waals surface area contributed by atoms with Crippen LogP contribution in [0, 0.1) is 0 Å². The summed E-state index contributed by atoms with van der Waals surface area (Å²) in [6.07, 6.45) is -4.20. The predicted octanol–water partition coefficient (Wildman–Crippen LogP) is 6.59. The summed E-state index contributed by atoms with van der Waals surface area (Å²) in [5.41, 5.74) is -0.0766. The van der Waals surface area contributed by atoms with E-state index < -0.39 is 17.6 Å². The van der Waals surface area contributed by atoms with Gasteiger partial charge in [-0.3, -0.25) is 4.79 Å². The maximum Gasteiger partial charge on any atom is 0.416 e. The molecule has 0 aliphatic heterocycles. The predicted molar refractivity (Wildman–Crippen MR) is 113 cm³/mol. The first-order chi connectivity index (χ1) is 14.6. The van der Waals surface area contributed by atoms with E-state index in [-0.39, 0.29) is 40.8 Å². The molecular formula is C22H16Cl2F3NO3. The number of nitrogens with one attached hydrogen (secondary N) is 1. The lowest BCUT2D eigenvalue weighted by Gasteiger charge is -2.14. The molecule has 2 N–H and O–H groups in total. The lowest BCUT2D eigenvalue weighted by atomic mass is 10.1. The monoisotopic (exact) mass is 469 g/mol. The number of halogens is 5. The van der Waals surface area contributed by atoms with Crippen LogP contribution in [0.1, 0.15) is 21.5 Å². The second kappa shape index (κ2) is 9.49. The Labute approximate surface area is 186 Å². The van der Waals surface area contributed by atoms with Gasteiger partial charge in [-0.1, -0.05) is 41.4 Å². The maximum atomic E-state index is 12.9. The Morgan fingerprint density at radius 3 is 2.45 bits per heavy atom. The molecule has 0 radical (unpaired) electrons. The van der Waals surface area contributed by atoms with E-state index in [0.29, 0.717) is 10.6 Å². The first kappa shape index (κ1) is 22.8. The van der Waals surface area contributed by atoms with Gasteiger partial charge in [0.15, 0.2) is 0 Å². The molecule has 31 heavy (non-hydrogen) atoms. The Morgan fingerprint density at radius 2 is 1.71 bits per heavy atom. The van der Waals surface area contributed by atoms with E-state index >= 15 is 0 Å². The van der Waals surface area contributed by atoms with E-state index in [1.54, 1.807) is 12.1 Å². The van der Waals surface area contributed by atoms with Crippen LogP contribution < -0.4 is 10.1 Å². The van der Waals surface area contributed by atoms with Crippen molar-refractivity contribution in [2.24, 2.45) is 0 Å². The molecule has 0 spiro atoms. The van der Waals surface area contributed by atoms with Crippen molar-refractivity contribution in [3.63, 3.8) is 0 Å². The number of amides is 1. The molecule has 4 nitrogen and oxygen atoms in total. The summed E-state index contributed by atoms with van der Waals surface area (Å²) in [5.74, 6) is -0.618. The number of anilines is 1. The highest BCUT2D eigenvalue weighted by Crippen LogP contribution is 2.31. The van der Waals surface area contributed by atoms with Crippen LogP contribution in [0.2, 0.25) is 10.0 Å². The van der Waals surface area contributed by atoms with Crippen molar-refractivity contribution < 1.29 is 27.8 Å². The summed E-state index contributed by atoms with van der Waals surface area (Å²) in [6.45, 7) is 0.0637. The minimum atomic E-state index is -4.42. The van der Waals surface area contributed by atoms with Crippen LogP contribution in [0.5, 0.6) is 11.5 Å². The van der Waals surface area contributed by atoms with Gasteiger partial charge in [-0.15, -0.1) is 0 Å². The minimum Gasteiger partial charge on any atom is -0.507 e. The number of rotatable bonds is 6. The molecule has 3 rings (SSSR count). The van der Waals surface area contributed by atoms with Crippen LogP contribution in [0.4, 0.5) is 18.9 Å². The zero-order valence-corrected chi connectivity index (χ0v) is 17.4. The number of hydrogen-bond acceptors (Lipinski definition) is 3. The molecule has 0 saturated heterocycles. The number of phenolic OH excluding ortho intramolecular Hbond substituents is 1. The standard InChI is InChI=1S/C22H16Cl2F3NO3/c23-15-4-6-19(29)17(11-15)21(30)28-18-12-16(24)5-7-20(18)31-9-8-13-2-1-3-14(10-13)22(25,26)27/h1-7,10-12,29H,8-9H2,(H,28,30). The van der Waals surface area contributed by atoms with E-state index in [4.69, 9.17) is 27.9 Å². The molecule has 1 amide bonds. The molecule has 0 unspecified atom stereocenters. The SMILES string of the molecule is O=C(Nc1cc(Cl)ccc1OCCc1cccc(C(F)(F)F)c1)c1cc(Cl)ccc1O. The van der Waals surface area contributed by atoms with Crippen molar-refractivity contribution in [2.45, 2.75) is 12.6 Å². The number of carbonyl (C=O) groups excluding carboxylic acids is 1. The second-order valence-corrected chi connectivity index (χ2v) is 7.43. The largest absolute Gasteiger partial charge is 0.507 e. The fraction of sp³-hybridized carbons (Fsp3) is 0.136. The van der Waals surface area contributed by atoms with Crippen LogP contribution in [0.3, 0.4) is 0 Å². The second-order valence-electron chi connectivity index (χ2n) is 6.55. The van der Waals surface area contributed by atoms with Crippen molar-refractivity contribution in [1.29, 1.82) is 0 Å². The van der Waals surface area contributed by atoms with E-state index in [1.165, 1.54) is 36.4 Å². The first-order valence-electron chi connectivity index (χ1n) is 9.02. The third-order valence-corrected chi connectivity index (χ3v) is 4.77. The lowest BCUT2D eigenvalue weighted by molar-refractivity contribution is -0.137. The highest BCUT2D eigenvalue weighted by molar-refractivity contribution is 6.31. The van der Waals surface area contributed by atoms with E-state index in [2.05, 4.69) is 5.32 Å². The molecule has 0 atom stereocenters. The third-order valence-electron chi connectivity index (χ3n) is 4.30. The summed E-state index contributed by atoms with van der Waals surface area (Å²) >= 11 is 11.9. The topological polar surface area (TPSA) is 58.6 Å².